The molecule has 0 aromatic carbocycles. The number of carbonyl (C=O) groups is 5. The van der Waals surface area contributed by atoms with E-state index in [0.29, 0.717) is 0 Å². The second-order valence-corrected chi connectivity index (χ2v) is 1.25. The molecular formula is C5Mg5O15. The van der Waals surface area contributed by atoms with Gasteiger partial charge in [0.25, 0.3) is 0 Å². The Balaban J connectivity index is -0.0000000134. The predicted molar refractivity (Wildman–Crippen MR) is 55.7 cm³/mol. The Bertz CT molecular complexity index is 219. The molecule has 0 aliphatic rings. The van der Waals surface area contributed by atoms with Crippen LogP contribution in [-0.2, 0) is 0 Å². The molecule has 15 nitrogen and oxygen atoms in total. The molecule has 0 atom stereocenters. The third-order valence-electron chi connectivity index (χ3n) is 0. The molecule has 0 saturated heterocycles. The molecule has 0 rings (SSSR count). The molecule has 0 aromatic rings. The molecule has 25 heavy (non-hydrogen) atoms. The Kier molecular flexibility index (Phi) is 144. The molecule has 0 aromatic heterocycles. The van der Waals surface area contributed by atoms with Crippen LogP contribution in [0.15, 0.2) is 0 Å². The van der Waals surface area contributed by atoms with Gasteiger partial charge in [-0.15, -0.1) is 0 Å². The van der Waals surface area contributed by atoms with Crippen LogP contribution in [-0.4, -0.2) is 146 Å². The van der Waals surface area contributed by atoms with E-state index >= 15 is 0 Å². The summed E-state index contributed by atoms with van der Waals surface area (Å²) in [6.07, 6.45) is -11.7. The topological polar surface area (TPSA) is 316 Å². The summed E-state index contributed by atoms with van der Waals surface area (Å²) < 4.78 is 0. The van der Waals surface area contributed by atoms with Gasteiger partial charge in [-0.2, -0.15) is 0 Å². The van der Waals surface area contributed by atoms with Crippen LogP contribution < -0.4 is 51.1 Å². The van der Waals surface area contributed by atoms with E-state index in [9.17, 15) is 0 Å². The average molecular weight is 422 g/mol. The van der Waals surface area contributed by atoms with Crippen molar-refractivity contribution in [2.45, 2.75) is 0 Å². The monoisotopic (exact) mass is 420 g/mol. The third-order valence-corrected chi connectivity index (χ3v) is 0. The zero-order valence-corrected chi connectivity index (χ0v) is 19.2. The van der Waals surface area contributed by atoms with E-state index in [2.05, 4.69) is 0 Å². The normalized spacial score (nSPS) is 4.80. The van der Waals surface area contributed by atoms with Gasteiger partial charge in [0, 0.05) is 0 Å². The summed E-state index contributed by atoms with van der Waals surface area (Å²) in [4.78, 5) is 41.7. The van der Waals surface area contributed by atoms with Crippen LogP contribution in [0.3, 0.4) is 0 Å². The van der Waals surface area contributed by atoms with Crippen LogP contribution in [0.4, 0.5) is 24.0 Å². The molecule has 0 aliphatic heterocycles. The van der Waals surface area contributed by atoms with Crippen LogP contribution in [0.5, 0.6) is 0 Å². The third kappa shape index (κ3) is 362000. The van der Waals surface area contributed by atoms with Crippen LogP contribution in [0, 0.1) is 0 Å². The maximum atomic E-state index is 8.33. The quantitative estimate of drug-likeness (QED) is 0.327. The fourth-order valence-electron chi connectivity index (χ4n) is 0. The summed E-state index contributed by atoms with van der Waals surface area (Å²) in [7, 11) is 0. The SMILES string of the molecule is O=C([O-])[O-].O=C([O-])[O-].O=C([O-])[O-].O=C([O-])[O-].O=C([O-])[O-].[Mg+2].[Mg+2].[Mg+2].[Mg+2].[Mg+2]. The van der Waals surface area contributed by atoms with E-state index in [1.165, 1.54) is 0 Å². The van der Waals surface area contributed by atoms with Crippen molar-refractivity contribution in [1.82, 2.24) is 0 Å². The Labute approximate surface area is 218 Å². The summed E-state index contributed by atoms with van der Waals surface area (Å²) in [5.74, 6) is 0. The Hall–Kier alpha value is 0.181. The number of hydrogen-bond acceptors (Lipinski definition) is 15. The van der Waals surface area contributed by atoms with E-state index in [1.807, 2.05) is 0 Å². The summed E-state index contributed by atoms with van der Waals surface area (Å²) in [5.41, 5.74) is 0. The molecule has 0 unspecified atom stereocenters. The zero-order chi connectivity index (χ0) is 17.9. The first kappa shape index (κ1) is 63.9. The van der Waals surface area contributed by atoms with Crippen LogP contribution in [0.2, 0.25) is 0 Å². The molecule has 0 saturated carbocycles. The van der Waals surface area contributed by atoms with E-state index in [4.69, 9.17) is 75.0 Å². The minimum absolute atomic E-state index is 0. The molecule has 0 fully saturated rings. The van der Waals surface area contributed by atoms with Gasteiger partial charge in [-0.25, -0.2) is 0 Å². The van der Waals surface area contributed by atoms with Gasteiger partial charge in [0.05, 0.1) is 0 Å². The van der Waals surface area contributed by atoms with Crippen molar-refractivity contribution in [2.75, 3.05) is 0 Å². The molecule has 20 heteroatoms. The van der Waals surface area contributed by atoms with Crippen LogP contribution in [0.25, 0.3) is 0 Å². The molecule has 0 radical (unpaired) electrons. The first-order chi connectivity index (χ1) is 8.66. The summed E-state index contributed by atoms with van der Waals surface area (Å²) in [6, 6.07) is 0. The van der Waals surface area contributed by atoms with E-state index in [1.54, 1.807) is 0 Å². The zero-order valence-electron chi connectivity index (χ0n) is 12.2. The maximum absolute atomic E-state index is 8.33. The van der Waals surface area contributed by atoms with Crippen LogP contribution >= 0.6 is 0 Å². The van der Waals surface area contributed by atoms with Crippen molar-refractivity contribution >= 4 is 146 Å². The van der Waals surface area contributed by atoms with E-state index in [0.717, 1.165) is 0 Å². The average Bonchev–Trinajstić information content (AvgIpc) is 1.94. The number of hydrogen-bond donors (Lipinski definition) is 0. The molecule has 0 aliphatic carbocycles. The van der Waals surface area contributed by atoms with Gasteiger partial charge >= 0.3 is 115 Å². The van der Waals surface area contributed by atoms with Gasteiger partial charge in [-0.3, -0.25) is 0 Å². The van der Waals surface area contributed by atoms with E-state index in [-0.39, 0.29) is 115 Å². The smallest absolute Gasteiger partial charge is 0.652 e. The molecule has 0 heterocycles. The summed E-state index contributed by atoms with van der Waals surface area (Å²) in [5, 5.41) is 83.3. The van der Waals surface area contributed by atoms with Gasteiger partial charge in [-0.1, -0.05) is 0 Å². The van der Waals surface area contributed by atoms with Gasteiger partial charge in [0.1, 0.15) is 0 Å². The molecular weight excluding hydrogens is 422 g/mol. The minimum Gasteiger partial charge on any atom is -0.652 e. The van der Waals surface area contributed by atoms with Crippen molar-refractivity contribution in [3.8, 4) is 0 Å². The van der Waals surface area contributed by atoms with Crippen molar-refractivity contribution in [3.63, 3.8) is 0 Å². The van der Waals surface area contributed by atoms with E-state index < -0.39 is 30.8 Å². The predicted octanol–water partition coefficient (Wildman–Crippen LogP) is -14.1. The van der Waals surface area contributed by atoms with Gasteiger partial charge in [0.2, 0.25) is 0 Å². The number of carboxylic acid groups (broad SMARTS) is 10. The number of carbonyl (C=O) groups excluding carboxylic acids is 5. The first-order valence-corrected chi connectivity index (χ1v) is 3.06. The Morgan fingerprint density at radius 1 is 0.280 bits per heavy atom. The fourth-order valence-corrected chi connectivity index (χ4v) is 0. The minimum atomic E-state index is -2.33. The maximum Gasteiger partial charge on any atom is 2.00 e. The molecule has 0 bridgehead atoms. The molecule has 120 valence electrons. The first-order valence-electron chi connectivity index (χ1n) is 3.06. The van der Waals surface area contributed by atoms with Gasteiger partial charge < -0.3 is 75.0 Å². The van der Waals surface area contributed by atoms with Crippen molar-refractivity contribution in [3.05, 3.63) is 0 Å². The van der Waals surface area contributed by atoms with Crippen molar-refractivity contribution in [1.29, 1.82) is 0 Å². The Morgan fingerprint density at radius 2 is 0.280 bits per heavy atom. The molecule has 0 amide bonds. The second-order valence-electron chi connectivity index (χ2n) is 1.25. The van der Waals surface area contributed by atoms with Gasteiger partial charge in [-0.05, 0) is 30.8 Å². The number of rotatable bonds is 0. The molecule has 0 N–H and O–H groups in total. The van der Waals surface area contributed by atoms with Crippen LogP contribution in [0.1, 0.15) is 0 Å². The van der Waals surface area contributed by atoms with Gasteiger partial charge in [0.15, 0.2) is 0 Å². The standard InChI is InChI=1S/5CH2O3.5Mg/c5*2-1(3)4;;;;;/h5*(H2,2,3,4);;;;;/q;;;;;5*+2/p-10. The van der Waals surface area contributed by atoms with Crippen molar-refractivity contribution in [2.24, 2.45) is 0 Å². The second kappa shape index (κ2) is 56.4. The fraction of sp³-hybridized carbons (Fsp3) is 0. The summed E-state index contributed by atoms with van der Waals surface area (Å²) in [6.45, 7) is 0. The summed E-state index contributed by atoms with van der Waals surface area (Å²) >= 11 is 0. The van der Waals surface area contributed by atoms with Crippen molar-refractivity contribution < 1.29 is 75.0 Å². The Morgan fingerprint density at radius 3 is 0.280 bits per heavy atom. The molecule has 0 spiro atoms. The largest absolute Gasteiger partial charge is 2.00 e.